The summed E-state index contributed by atoms with van der Waals surface area (Å²) in [7, 11) is 0. The van der Waals surface area contributed by atoms with Gasteiger partial charge in [0.25, 0.3) is 5.97 Å². The third-order valence-corrected chi connectivity index (χ3v) is 3.81. The second kappa shape index (κ2) is 5.89. The molecule has 0 saturated carbocycles. The number of rotatable bonds is 2. The van der Waals surface area contributed by atoms with Gasteiger partial charge in [-0.3, -0.25) is 14.5 Å². The predicted octanol–water partition coefficient (Wildman–Crippen LogP) is -0.156. The number of β-lactam (4-membered cyclic amide) rings is 1. The highest BCUT2D eigenvalue weighted by Crippen LogP contribution is 2.39. The van der Waals surface area contributed by atoms with Crippen LogP contribution in [0.15, 0.2) is 23.9 Å². The highest BCUT2D eigenvalue weighted by atomic mass is 32.2. The third kappa shape index (κ3) is 2.96. The average Bonchev–Trinajstić information content (AvgIpc) is 2.35. The van der Waals surface area contributed by atoms with Crippen molar-refractivity contribution in [3.63, 3.8) is 0 Å². The Kier molecular flexibility index (Phi) is 4.73. The van der Waals surface area contributed by atoms with E-state index in [1.54, 1.807) is 0 Å². The fraction of sp³-hybridized carbons (Fsp3) is 0.364. The van der Waals surface area contributed by atoms with E-state index < -0.39 is 18.0 Å². The lowest BCUT2D eigenvalue weighted by Crippen LogP contribution is -2.68. The molecule has 7 nitrogen and oxygen atoms in total. The lowest BCUT2D eigenvalue weighted by Gasteiger charge is -2.47. The maximum Gasteiger partial charge on any atom is 0.352 e. The van der Waals surface area contributed by atoms with Crippen LogP contribution >= 0.6 is 11.8 Å². The molecule has 0 aromatic rings. The van der Waals surface area contributed by atoms with E-state index in [0.717, 1.165) is 6.92 Å². The summed E-state index contributed by atoms with van der Waals surface area (Å²) in [6.07, 6.45) is 1.48. The molecule has 1 fully saturated rings. The molecule has 2 heterocycles. The number of carboxylic acid groups (broad SMARTS) is 2. The molecule has 4 N–H and O–H groups in total. The monoisotopic (exact) mass is 286 g/mol. The lowest BCUT2D eigenvalue weighted by atomic mass is 10.0. The standard InChI is InChI=1S/C9H10N2O3S.C2H4O2/c1-2-4-3-15-8-5(10)7(12)11(8)6(4)9(13)14;1-2(3)4/h2,5,8H,1,3,10H2,(H,13,14);1H3,(H,3,4). The zero-order valence-electron chi connectivity index (χ0n) is 10.2. The van der Waals surface area contributed by atoms with Gasteiger partial charge < -0.3 is 15.9 Å². The smallest absolute Gasteiger partial charge is 0.352 e. The van der Waals surface area contributed by atoms with Gasteiger partial charge in [-0.25, -0.2) is 4.79 Å². The number of carbonyl (C=O) groups is 3. The number of thioether (sulfide) groups is 1. The molecule has 0 spiro atoms. The molecule has 0 aliphatic carbocycles. The number of allylic oxidation sites excluding steroid dienone is 1. The van der Waals surface area contributed by atoms with Crippen molar-refractivity contribution in [2.45, 2.75) is 18.3 Å². The zero-order valence-corrected chi connectivity index (χ0v) is 11.0. The molecule has 0 aromatic heterocycles. The fourth-order valence-corrected chi connectivity index (χ4v) is 2.98. The van der Waals surface area contributed by atoms with Gasteiger partial charge in [0.15, 0.2) is 0 Å². The summed E-state index contributed by atoms with van der Waals surface area (Å²) in [6.45, 7) is 4.62. The number of nitrogens with two attached hydrogens (primary N) is 1. The zero-order chi connectivity index (χ0) is 14.7. The average molecular weight is 286 g/mol. The first-order valence-corrected chi connectivity index (χ1v) is 6.34. The van der Waals surface area contributed by atoms with Crippen LogP contribution in [0.1, 0.15) is 6.92 Å². The molecule has 0 aromatic carbocycles. The maximum absolute atomic E-state index is 11.4. The summed E-state index contributed by atoms with van der Waals surface area (Å²) in [6, 6.07) is -0.573. The van der Waals surface area contributed by atoms with Crippen LogP contribution < -0.4 is 5.73 Å². The predicted molar refractivity (Wildman–Crippen MR) is 69.2 cm³/mol. The van der Waals surface area contributed by atoms with Crippen molar-refractivity contribution < 1.29 is 24.6 Å². The van der Waals surface area contributed by atoms with Gasteiger partial charge in [0, 0.05) is 12.7 Å². The second-order valence-corrected chi connectivity index (χ2v) is 4.94. The van der Waals surface area contributed by atoms with Gasteiger partial charge in [0.1, 0.15) is 17.1 Å². The van der Waals surface area contributed by atoms with Gasteiger partial charge >= 0.3 is 5.97 Å². The van der Waals surface area contributed by atoms with Gasteiger partial charge in [-0.05, 0) is 5.57 Å². The first-order valence-electron chi connectivity index (χ1n) is 5.30. The summed E-state index contributed by atoms with van der Waals surface area (Å²) in [5.41, 5.74) is 6.17. The minimum absolute atomic E-state index is 0.0282. The molecule has 8 heteroatoms. The van der Waals surface area contributed by atoms with Crippen molar-refractivity contribution in [1.29, 1.82) is 0 Å². The molecule has 104 valence electrons. The number of carbonyl (C=O) groups excluding carboxylic acids is 1. The minimum Gasteiger partial charge on any atom is -0.481 e. The highest BCUT2D eigenvalue weighted by molar-refractivity contribution is 8.00. The lowest BCUT2D eigenvalue weighted by molar-refractivity contribution is -0.147. The molecule has 2 rings (SSSR count). The third-order valence-electron chi connectivity index (χ3n) is 2.49. The Morgan fingerprint density at radius 3 is 2.47 bits per heavy atom. The normalized spacial score (nSPS) is 24.7. The molecule has 2 atom stereocenters. The van der Waals surface area contributed by atoms with Crippen LogP contribution in [0.25, 0.3) is 0 Å². The Morgan fingerprint density at radius 2 is 2.05 bits per heavy atom. The molecular formula is C11H14N2O5S. The van der Waals surface area contributed by atoms with E-state index in [4.69, 9.17) is 20.7 Å². The van der Waals surface area contributed by atoms with Gasteiger partial charge in [0.2, 0.25) is 5.91 Å². The number of nitrogens with zero attached hydrogens (tertiary/aromatic N) is 1. The Bertz CT molecular complexity index is 470. The van der Waals surface area contributed by atoms with Crippen molar-refractivity contribution in [2.75, 3.05) is 5.75 Å². The molecule has 2 aliphatic rings. The number of fused-ring (bicyclic) bond motifs is 1. The topological polar surface area (TPSA) is 121 Å². The van der Waals surface area contributed by atoms with Crippen molar-refractivity contribution in [3.8, 4) is 0 Å². The molecule has 1 amide bonds. The van der Waals surface area contributed by atoms with Crippen molar-refractivity contribution in [2.24, 2.45) is 5.73 Å². The minimum atomic E-state index is -1.10. The van der Waals surface area contributed by atoms with Crippen molar-refractivity contribution in [3.05, 3.63) is 23.9 Å². The van der Waals surface area contributed by atoms with Crippen LogP contribution in [-0.4, -0.2) is 50.1 Å². The first-order chi connectivity index (χ1) is 8.81. The van der Waals surface area contributed by atoms with E-state index >= 15 is 0 Å². The molecule has 1 saturated heterocycles. The summed E-state index contributed by atoms with van der Waals surface area (Å²) in [4.78, 5) is 32.7. The molecule has 2 unspecified atom stereocenters. The number of aliphatic carboxylic acids is 2. The van der Waals surface area contributed by atoms with Crippen LogP contribution in [0.2, 0.25) is 0 Å². The van der Waals surface area contributed by atoms with Crippen LogP contribution in [-0.2, 0) is 14.4 Å². The van der Waals surface area contributed by atoms with Crippen LogP contribution in [0.3, 0.4) is 0 Å². The number of hydrogen-bond donors (Lipinski definition) is 3. The highest BCUT2D eigenvalue weighted by Gasteiger charge is 2.51. The maximum atomic E-state index is 11.4. The van der Waals surface area contributed by atoms with E-state index in [1.807, 2.05) is 0 Å². The number of hydrogen-bond acceptors (Lipinski definition) is 5. The number of carboxylic acids is 2. The Hall–Kier alpha value is -1.80. The second-order valence-electron chi connectivity index (χ2n) is 3.84. The van der Waals surface area contributed by atoms with Gasteiger partial charge in [-0.1, -0.05) is 12.7 Å². The summed E-state index contributed by atoms with van der Waals surface area (Å²) in [5.74, 6) is -1.73. The van der Waals surface area contributed by atoms with E-state index in [9.17, 15) is 9.59 Å². The SMILES string of the molecule is C=CC1=C(C(=O)O)N2C(=O)C(N)C2SC1.CC(=O)O. The summed E-state index contributed by atoms with van der Waals surface area (Å²) in [5, 5.41) is 16.2. The first kappa shape index (κ1) is 15.3. The van der Waals surface area contributed by atoms with Crippen LogP contribution in [0.4, 0.5) is 0 Å². The summed E-state index contributed by atoms with van der Waals surface area (Å²) >= 11 is 1.47. The van der Waals surface area contributed by atoms with Crippen LogP contribution in [0, 0.1) is 0 Å². The van der Waals surface area contributed by atoms with E-state index in [0.29, 0.717) is 11.3 Å². The molecule has 0 bridgehead atoms. The Balaban J connectivity index is 0.000000399. The van der Waals surface area contributed by atoms with E-state index in [2.05, 4.69) is 6.58 Å². The Labute approximate surface area is 113 Å². The fourth-order valence-electron chi connectivity index (χ4n) is 1.70. The molecular weight excluding hydrogens is 272 g/mol. The van der Waals surface area contributed by atoms with E-state index in [-0.39, 0.29) is 17.0 Å². The molecule has 2 aliphatic heterocycles. The molecule has 19 heavy (non-hydrogen) atoms. The van der Waals surface area contributed by atoms with E-state index in [1.165, 1.54) is 22.7 Å². The van der Waals surface area contributed by atoms with Gasteiger partial charge in [-0.2, -0.15) is 0 Å². The Morgan fingerprint density at radius 1 is 1.53 bits per heavy atom. The van der Waals surface area contributed by atoms with Gasteiger partial charge in [-0.15, -0.1) is 11.8 Å². The van der Waals surface area contributed by atoms with Crippen molar-refractivity contribution in [1.82, 2.24) is 4.90 Å². The van der Waals surface area contributed by atoms with Gasteiger partial charge in [0.05, 0.1) is 0 Å². The molecule has 0 radical (unpaired) electrons. The quantitative estimate of drug-likeness (QED) is 0.603. The summed E-state index contributed by atoms with van der Waals surface area (Å²) < 4.78 is 0. The largest absolute Gasteiger partial charge is 0.481 e. The van der Waals surface area contributed by atoms with Crippen LogP contribution in [0.5, 0.6) is 0 Å². The van der Waals surface area contributed by atoms with Crippen molar-refractivity contribution >= 4 is 29.6 Å². The number of amides is 1.